The van der Waals surface area contributed by atoms with E-state index >= 15 is 0 Å². The molecule has 0 saturated heterocycles. The zero-order valence-corrected chi connectivity index (χ0v) is 15.2. The molecule has 0 spiro atoms. The quantitative estimate of drug-likeness (QED) is 0.457. The molecule has 0 saturated carbocycles. The lowest BCUT2D eigenvalue weighted by Gasteiger charge is -2.09. The first-order valence-corrected chi connectivity index (χ1v) is 8.65. The van der Waals surface area contributed by atoms with Crippen LogP contribution < -0.4 is 10.2 Å². The number of halogens is 1. The zero-order chi connectivity index (χ0) is 16.7. The maximum atomic E-state index is 12.1. The number of hydrogen-bond acceptors (Lipinski definition) is 4. The van der Waals surface area contributed by atoms with Gasteiger partial charge in [-0.25, -0.2) is 5.43 Å². The van der Waals surface area contributed by atoms with Crippen LogP contribution in [0.2, 0.25) is 0 Å². The number of carbonyl (C=O) groups is 1. The van der Waals surface area contributed by atoms with Gasteiger partial charge in [-0.05, 0) is 37.3 Å². The van der Waals surface area contributed by atoms with Gasteiger partial charge in [-0.2, -0.15) is 5.10 Å². The van der Waals surface area contributed by atoms with E-state index in [2.05, 4.69) is 26.5 Å². The smallest absolute Gasteiger partial charge is 0.253 e. The van der Waals surface area contributed by atoms with Crippen molar-refractivity contribution >= 4 is 39.8 Å². The molecular formula is C17H17BrN2O2S. The average Bonchev–Trinajstić information content (AvgIpc) is 2.56. The molecule has 0 aliphatic rings. The van der Waals surface area contributed by atoms with Crippen LogP contribution in [0.1, 0.15) is 12.5 Å². The van der Waals surface area contributed by atoms with Crippen molar-refractivity contribution in [1.29, 1.82) is 0 Å². The van der Waals surface area contributed by atoms with E-state index in [4.69, 9.17) is 4.74 Å². The number of rotatable bonds is 6. The molecule has 1 amide bonds. The van der Waals surface area contributed by atoms with Crippen molar-refractivity contribution in [2.24, 2.45) is 5.10 Å². The van der Waals surface area contributed by atoms with Gasteiger partial charge in [0.05, 0.1) is 18.6 Å². The number of carbonyl (C=O) groups excluding carboxylic acids is 1. The highest BCUT2D eigenvalue weighted by Gasteiger charge is 2.13. The lowest BCUT2D eigenvalue weighted by Crippen LogP contribution is -2.26. The first-order valence-electron chi connectivity index (χ1n) is 6.98. The van der Waals surface area contributed by atoms with Crippen LogP contribution in [0, 0.1) is 0 Å². The molecule has 0 aliphatic heterocycles. The summed E-state index contributed by atoms with van der Waals surface area (Å²) in [5.74, 6) is 0.543. The normalized spacial score (nSPS) is 12.1. The van der Waals surface area contributed by atoms with E-state index < -0.39 is 0 Å². The number of amides is 1. The third-order valence-electron chi connectivity index (χ3n) is 3.00. The minimum absolute atomic E-state index is 0.149. The van der Waals surface area contributed by atoms with E-state index in [1.165, 1.54) is 11.8 Å². The van der Waals surface area contributed by atoms with Crippen LogP contribution >= 0.6 is 27.7 Å². The van der Waals surface area contributed by atoms with Gasteiger partial charge in [0.25, 0.3) is 5.91 Å². The van der Waals surface area contributed by atoms with E-state index in [0.29, 0.717) is 5.75 Å². The van der Waals surface area contributed by atoms with Crippen LogP contribution in [0.4, 0.5) is 0 Å². The third-order valence-corrected chi connectivity index (χ3v) is 4.60. The van der Waals surface area contributed by atoms with Crippen molar-refractivity contribution < 1.29 is 9.53 Å². The molecule has 0 fully saturated rings. The van der Waals surface area contributed by atoms with Crippen LogP contribution in [0.25, 0.3) is 0 Å². The van der Waals surface area contributed by atoms with Gasteiger partial charge in [0.2, 0.25) is 0 Å². The summed E-state index contributed by atoms with van der Waals surface area (Å²) in [6.45, 7) is 1.85. The van der Waals surface area contributed by atoms with Gasteiger partial charge in [0.1, 0.15) is 5.75 Å². The molecule has 1 N–H and O–H groups in total. The van der Waals surface area contributed by atoms with Crippen LogP contribution in [0.3, 0.4) is 0 Å². The van der Waals surface area contributed by atoms with E-state index in [1.54, 1.807) is 13.3 Å². The van der Waals surface area contributed by atoms with Gasteiger partial charge < -0.3 is 4.74 Å². The predicted octanol–water partition coefficient (Wildman–Crippen LogP) is 4.09. The second-order valence-corrected chi connectivity index (χ2v) is 7.02. The Morgan fingerprint density at radius 1 is 1.30 bits per heavy atom. The molecule has 0 bridgehead atoms. The highest BCUT2D eigenvalue weighted by molar-refractivity contribution is 9.10. The maximum absolute atomic E-state index is 12.1. The molecule has 0 unspecified atom stereocenters. The number of hydrogen-bond donors (Lipinski definition) is 1. The summed E-state index contributed by atoms with van der Waals surface area (Å²) in [6, 6.07) is 15.4. The highest BCUT2D eigenvalue weighted by atomic mass is 79.9. The monoisotopic (exact) mass is 392 g/mol. The SMILES string of the molecule is COc1ccc(Br)cc1/C=N\NC(=O)[C@H](C)Sc1ccccc1. The molecule has 2 aromatic rings. The molecule has 0 radical (unpaired) electrons. The minimum atomic E-state index is -0.237. The number of hydrazone groups is 1. The molecule has 1 atom stereocenters. The molecule has 2 aromatic carbocycles. The zero-order valence-electron chi connectivity index (χ0n) is 12.8. The second kappa shape index (κ2) is 8.74. The minimum Gasteiger partial charge on any atom is -0.496 e. The molecule has 4 nitrogen and oxygen atoms in total. The summed E-state index contributed by atoms with van der Waals surface area (Å²) in [5.41, 5.74) is 3.34. The van der Waals surface area contributed by atoms with Crippen LogP contribution in [-0.4, -0.2) is 24.5 Å². The molecule has 0 aromatic heterocycles. The van der Waals surface area contributed by atoms with Crippen molar-refractivity contribution in [3.05, 3.63) is 58.6 Å². The molecule has 6 heteroatoms. The summed E-state index contributed by atoms with van der Waals surface area (Å²) < 4.78 is 6.17. The average molecular weight is 393 g/mol. The van der Waals surface area contributed by atoms with E-state index in [-0.39, 0.29) is 11.2 Å². The number of benzene rings is 2. The Morgan fingerprint density at radius 2 is 2.04 bits per heavy atom. The van der Waals surface area contributed by atoms with Crippen LogP contribution in [0.15, 0.2) is 63.0 Å². The number of methoxy groups -OCH3 is 1. The van der Waals surface area contributed by atoms with Crippen molar-refractivity contribution in [2.75, 3.05) is 7.11 Å². The van der Waals surface area contributed by atoms with Crippen molar-refractivity contribution in [3.8, 4) is 5.75 Å². The van der Waals surface area contributed by atoms with E-state index in [1.807, 2.05) is 55.5 Å². The summed E-state index contributed by atoms with van der Waals surface area (Å²) in [7, 11) is 1.59. The fourth-order valence-electron chi connectivity index (χ4n) is 1.82. The molecule has 23 heavy (non-hydrogen) atoms. The first-order chi connectivity index (χ1) is 11.1. The Kier molecular flexibility index (Phi) is 6.67. The molecular weight excluding hydrogens is 376 g/mol. The van der Waals surface area contributed by atoms with Crippen molar-refractivity contribution in [3.63, 3.8) is 0 Å². The van der Waals surface area contributed by atoms with Gasteiger partial charge in [-0.3, -0.25) is 4.79 Å². The van der Waals surface area contributed by atoms with Crippen LogP contribution in [0.5, 0.6) is 5.75 Å². The topological polar surface area (TPSA) is 50.7 Å². The van der Waals surface area contributed by atoms with Gasteiger partial charge in [-0.1, -0.05) is 34.1 Å². The Bertz CT molecular complexity index is 692. The highest BCUT2D eigenvalue weighted by Crippen LogP contribution is 2.23. The van der Waals surface area contributed by atoms with Crippen LogP contribution in [-0.2, 0) is 4.79 Å². The standard InChI is InChI=1S/C17H17BrN2O2S/c1-12(23-15-6-4-3-5-7-15)17(21)20-19-11-13-10-14(18)8-9-16(13)22-2/h3-12H,1-2H3,(H,20,21)/b19-11-/t12-/m0/s1. The summed E-state index contributed by atoms with van der Waals surface area (Å²) in [6.07, 6.45) is 1.57. The fourth-order valence-corrected chi connectivity index (χ4v) is 3.08. The lowest BCUT2D eigenvalue weighted by molar-refractivity contribution is -0.120. The number of thioether (sulfide) groups is 1. The molecule has 0 aliphatic carbocycles. The first kappa shape index (κ1) is 17.6. The Hall–Kier alpha value is -1.79. The predicted molar refractivity (Wildman–Crippen MR) is 98.2 cm³/mol. The Morgan fingerprint density at radius 3 is 2.74 bits per heavy atom. The van der Waals surface area contributed by atoms with Gasteiger partial charge >= 0.3 is 0 Å². The van der Waals surface area contributed by atoms with Gasteiger partial charge in [0, 0.05) is 14.9 Å². The number of ether oxygens (including phenoxy) is 1. The summed E-state index contributed by atoms with van der Waals surface area (Å²) >= 11 is 4.89. The Labute approximate surface area is 148 Å². The van der Waals surface area contributed by atoms with Gasteiger partial charge in [-0.15, -0.1) is 11.8 Å². The second-order valence-electron chi connectivity index (χ2n) is 4.69. The largest absolute Gasteiger partial charge is 0.496 e. The number of nitrogens with zero attached hydrogens (tertiary/aromatic N) is 1. The lowest BCUT2D eigenvalue weighted by atomic mass is 10.2. The summed E-state index contributed by atoms with van der Waals surface area (Å²) in [5, 5.41) is 3.78. The fraction of sp³-hybridized carbons (Fsp3) is 0.176. The Balaban J connectivity index is 1.94. The molecule has 2 rings (SSSR count). The maximum Gasteiger partial charge on any atom is 0.253 e. The molecule has 0 heterocycles. The van der Waals surface area contributed by atoms with Crippen molar-refractivity contribution in [2.45, 2.75) is 17.1 Å². The number of nitrogens with one attached hydrogen (secondary N) is 1. The van der Waals surface area contributed by atoms with Crippen molar-refractivity contribution in [1.82, 2.24) is 5.43 Å². The molecule has 120 valence electrons. The van der Waals surface area contributed by atoms with E-state index in [0.717, 1.165) is 14.9 Å². The summed E-state index contributed by atoms with van der Waals surface area (Å²) in [4.78, 5) is 13.1. The van der Waals surface area contributed by atoms with Gasteiger partial charge in [0.15, 0.2) is 0 Å². The van der Waals surface area contributed by atoms with E-state index in [9.17, 15) is 4.79 Å². The third kappa shape index (κ3) is 5.41.